The molecule has 0 aliphatic heterocycles. The van der Waals surface area contributed by atoms with Crippen molar-refractivity contribution in [2.45, 2.75) is 70.1 Å². The summed E-state index contributed by atoms with van der Waals surface area (Å²) in [7, 11) is 0. The lowest BCUT2D eigenvalue weighted by molar-refractivity contribution is 0.268. The summed E-state index contributed by atoms with van der Waals surface area (Å²) < 4.78 is 8.98. The molecule has 0 radical (unpaired) electrons. The van der Waals surface area contributed by atoms with Crippen molar-refractivity contribution in [3.8, 4) is 16.8 Å². The van der Waals surface area contributed by atoms with Gasteiger partial charge in [-0.1, -0.05) is 96.1 Å². The predicted molar refractivity (Wildman–Crippen MR) is 201 cm³/mol. The van der Waals surface area contributed by atoms with Gasteiger partial charge in [-0.3, -0.25) is 9.97 Å². The van der Waals surface area contributed by atoms with Crippen LogP contribution >= 0.6 is 0 Å². The van der Waals surface area contributed by atoms with Crippen LogP contribution in [0, 0.1) is 0 Å². The topological polar surface area (TPSA) is 43.9 Å². The van der Waals surface area contributed by atoms with Crippen LogP contribution < -0.4 is 0 Å². The Bertz CT molecular complexity index is 2630. The Balaban J connectivity index is 1.15. The number of hydrogen-bond donors (Lipinski definition) is 0. The fraction of sp³-hybridized carbons (Fsp3) is 0.244. The first kappa shape index (κ1) is 28.8. The summed E-state index contributed by atoms with van der Waals surface area (Å²) in [5, 5.41) is 4.84. The molecule has 1 unspecified atom stereocenters. The largest absolute Gasteiger partial charge is 0.456 e. The Morgan fingerprint density at radius 2 is 1.27 bits per heavy atom. The Morgan fingerprint density at radius 1 is 0.612 bits per heavy atom. The minimum atomic E-state index is -0.141. The van der Waals surface area contributed by atoms with Gasteiger partial charge in [-0.25, -0.2) is 0 Å². The first-order valence-electron chi connectivity index (χ1n) is 17.5. The maximum Gasteiger partial charge on any atom is 0.135 e. The van der Waals surface area contributed by atoms with Crippen LogP contribution in [0.5, 0.6) is 0 Å². The molecule has 4 nitrogen and oxygen atoms in total. The third-order valence-electron chi connectivity index (χ3n) is 12.0. The zero-order chi connectivity index (χ0) is 33.4. The van der Waals surface area contributed by atoms with Gasteiger partial charge in [0.1, 0.15) is 11.2 Å². The smallest absolute Gasteiger partial charge is 0.135 e. The molecule has 0 N–H and O–H groups in total. The molecule has 0 saturated carbocycles. The van der Waals surface area contributed by atoms with Crippen molar-refractivity contribution in [1.82, 2.24) is 14.5 Å². The van der Waals surface area contributed by atoms with E-state index >= 15 is 0 Å². The summed E-state index contributed by atoms with van der Waals surface area (Å²) in [6, 6.07) is 36.0. The quantitative estimate of drug-likeness (QED) is 0.189. The van der Waals surface area contributed by atoms with E-state index in [0.717, 1.165) is 45.4 Å². The van der Waals surface area contributed by atoms with E-state index in [-0.39, 0.29) is 16.2 Å². The highest BCUT2D eigenvalue weighted by Gasteiger charge is 2.47. The van der Waals surface area contributed by atoms with Gasteiger partial charge >= 0.3 is 0 Å². The third kappa shape index (κ3) is 3.80. The first-order valence-corrected chi connectivity index (χ1v) is 17.5. The van der Waals surface area contributed by atoms with Crippen LogP contribution in [0.3, 0.4) is 0 Å². The molecule has 8 aromatic rings. The lowest BCUT2D eigenvalue weighted by Gasteiger charge is -2.46. The summed E-state index contributed by atoms with van der Waals surface area (Å²) in [4.78, 5) is 9.75. The molecule has 240 valence electrons. The average molecular weight is 638 g/mol. The predicted octanol–water partition coefficient (Wildman–Crippen LogP) is 11.5. The highest BCUT2D eigenvalue weighted by molar-refractivity contribution is 6.11. The molecule has 2 aliphatic carbocycles. The van der Waals surface area contributed by atoms with Crippen molar-refractivity contribution in [1.29, 1.82) is 0 Å². The van der Waals surface area contributed by atoms with E-state index in [0.29, 0.717) is 5.92 Å². The van der Waals surface area contributed by atoms with Gasteiger partial charge in [-0.2, -0.15) is 0 Å². The van der Waals surface area contributed by atoms with Gasteiger partial charge < -0.3 is 8.98 Å². The molecule has 2 aliphatic rings. The summed E-state index contributed by atoms with van der Waals surface area (Å²) in [6.45, 7) is 14.0. The van der Waals surface area contributed by atoms with Crippen molar-refractivity contribution >= 4 is 43.7 Å². The van der Waals surface area contributed by atoms with Gasteiger partial charge in [0.2, 0.25) is 0 Å². The van der Waals surface area contributed by atoms with Gasteiger partial charge in [0.25, 0.3) is 0 Å². The third-order valence-corrected chi connectivity index (χ3v) is 12.0. The van der Waals surface area contributed by atoms with Crippen LogP contribution in [0.1, 0.15) is 82.0 Å². The molecule has 0 saturated heterocycles. The minimum Gasteiger partial charge on any atom is -0.456 e. The maximum atomic E-state index is 6.60. The highest BCUT2D eigenvalue weighted by Crippen LogP contribution is 2.55. The molecular formula is C45H39N3O. The van der Waals surface area contributed by atoms with Gasteiger partial charge in [-0.15, -0.1) is 0 Å². The number of nitrogens with zero attached hydrogens (tertiary/aromatic N) is 3. The molecule has 49 heavy (non-hydrogen) atoms. The Hall–Kier alpha value is -5.22. The summed E-state index contributed by atoms with van der Waals surface area (Å²) in [5.74, 6) is 0.316. The molecule has 0 bridgehead atoms. The number of fused-ring (bicyclic) bond motifs is 10. The molecule has 3 heterocycles. The van der Waals surface area contributed by atoms with Gasteiger partial charge in [0, 0.05) is 55.9 Å². The zero-order valence-corrected chi connectivity index (χ0v) is 28.9. The average Bonchev–Trinajstić information content (AvgIpc) is 3.70. The van der Waals surface area contributed by atoms with Crippen LogP contribution in [0.2, 0.25) is 0 Å². The number of furan rings is 1. The lowest BCUT2D eigenvalue weighted by atomic mass is 9.59. The standard InChI is InChI=1S/C45H39N3O/c1-43(2)25-36(45(5,6)42-41(43)46-19-20-47-42)26-15-17-34-30(21-26)31-23-33-32-22-27(16-18-39(32)49-40(33)24-35(31)44(34,3)4)48-37-13-9-7-11-28(37)29-12-8-10-14-38(29)48/h7-24,36H,25H2,1-6H3. The summed E-state index contributed by atoms with van der Waals surface area (Å²) in [6.07, 6.45) is 4.73. The van der Waals surface area contributed by atoms with Crippen LogP contribution in [0.15, 0.2) is 114 Å². The van der Waals surface area contributed by atoms with Gasteiger partial charge in [0.05, 0.1) is 22.4 Å². The molecule has 4 heteroatoms. The van der Waals surface area contributed by atoms with E-state index in [2.05, 4.69) is 143 Å². The van der Waals surface area contributed by atoms with Crippen LogP contribution in [-0.4, -0.2) is 14.5 Å². The second-order valence-corrected chi connectivity index (χ2v) is 16.1. The molecule has 5 aromatic carbocycles. The van der Waals surface area contributed by atoms with Gasteiger partial charge in [0.15, 0.2) is 0 Å². The number of aromatic nitrogens is 3. The zero-order valence-electron chi connectivity index (χ0n) is 28.9. The summed E-state index contributed by atoms with van der Waals surface area (Å²) in [5.41, 5.74) is 14.1. The van der Waals surface area contributed by atoms with Crippen LogP contribution in [0.25, 0.3) is 60.6 Å². The van der Waals surface area contributed by atoms with Crippen molar-refractivity contribution in [3.63, 3.8) is 0 Å². The second kappa shape index (κ2) is 9.47. The van der Waals surface area contributed by atoms with Crippen molar-refractivity contribution in [2.75, 3.05) is 0 Å². The minimum absolute atomic E-state index is 0.0596. The Morgan fingerprint density at radius 3 is 2.00 bits per heavy atom. The molecule has 0 amide bonds. The normalized spacial score (nSPS) is 18.6. The van der Waals surface area contributed by atoms with E-state index in [1.54, 1.807) is 0 Å². The van der Waals surface area contributed by atoms with E-state index in [1.165, 1.54) is 49.6 Å². The number of para-hydroxylation sites is 2. The molecular weight excluding hydrogens is 599 g/mol. The van der Waals surface area contributed by atoms with Crippen LogP contribution in [0.4, 0.5) is 0 Å². The number of benzene rings is 5. The number of hydrogen-bond acceptors (Lipinski definition) is 3. The highest BCUT2D eigenvalue weighted by atomic mass is 16.3. The summed E-state index contributed by atoms with van der Waals surface area (Å²) >= 11 is 0. The van der Waals surface area contributed by atoms with Gasteiger partial charge in [-0.05, 0) is 82.6 Å². The van der Waals surface area contributed by atoms with E-state index in [4.69, 9.17) is 14.4 Å². The first-order chi connectivity index (χ1) is 23.5. The fourth-order valence-corrected chi connectivity index (χ4v) is 9.45. The maximum absolute atomic E-state index is 6.60. The van der Waals surface area contributed by atoms with E-state index in [1.807, 2.05) is 12.4 Å². The Kier molecular flexibility index (Phi) is 5.56. The van der Waals surface area contributed by atoms with E-state index in [9.17, 15) is 0 Å². The SMILES string of the molecule is CC1(C)CC(c2ccc3c(c2)-c2cc4c(cc2C3(C)C)oc2ccc(-n3c5ccccc5c5ccccc53)cc24)C(C)(C)c2nccnc21. The Labute approximate surface area is 286 Å². The fourth-order valence-electron chi connectivity index (χ4n) is 9.45. The monoisotopic (exact) mass is 637 g/mol. The van der Waals surface area contributed by atoms with Crippen molar-refractivity contribution in [3.05, 3.63) is 138 Å². The van der Waals surface area contributed by atoms with Crippen molar-refractivity contribution < 1.29 is 4.42 Å². The molecule has 3 aromatic heterocycles. The second-order valence-electron chi connectivity index (χ2n) is 16.1. The molecule has 1 atom stereocenters. The van der Waals surface area contributed by atoms with E-state index < -0.39 is 0 Å². The molecule has 0 fully saturated rings. The molecule has 0 spiro atoms. The lowest BCUT2D eigenvalue weighted by Crippen LogP contribution is -2.41. The van der Waals surface area contributed by atoms with Crippen molar-refractivity contribution in [2.24, 2.45) is 0 Å². The number of rotatable bonds is 2. The molecule has 10 rings (SSSR count). The van der Waals surface area contributed by atoms with Crippen LogP contribution in [-0.2, 0) is 16.2 Å².